The van der Waals surface area contributed by atoms with E-state index in [4.69, 9.17) is 5.11 Å². The van der Waals surface area contributed by atoms with Gasteiger partial charge in [-0.2, -0.15) is 0 Å². The minimum absolute atomic E-state index is 0.167. The third-order valence-electron chi connectivity index (χ3n) is 0. The van der Waals surface area contributed by atoms with Crippen LogP contribution in [0.2, 0.25) is 0 Å². The monoisotopic (exact) mass is 105 g/mol. The molecule has 0 heterocycles. The Morgan fingerprint density at radius 2 is 1.29 bits per heavy atom. The molecule has 7 heavy (non-hydrogen) atoms. The van der Waals surface area contributed by atoms with Gasteiger partial charge in [-0.05, 0) is 27.9 Å². The number of nitrogens with one attached hydrogen (secondary N) is 1. The summed E-state index contributed by atoms with van der Waals surface area (Å²) in [6.45, 7) is 3.44. The van der Waals surface area contributed by atoms with Crippen molar-refractivity contribution in [3.8, 4) is 0 Å². The Balaban J connectivity index is 0. The first-order chi connectivity index (χ1) is 3.15. The summed E-state index contributed by atoms with van der Waals surface area (Å²) in [6.07, 6.45) is -0.167. The van der Waals surface area contributed by atoms with E-state index in [1.54, 1.807) is 13.8 Å². The molecule has 0 unspecified atom stereocenters. The van der Waals surface area contributed by atoms with E-state index in [1.807, 2.05) is 14.1 Å². The van der Waals surface area contributed by atoms with Gasteiger partial charge in [-0.15, -0.1) is 0 Å². The molecular weight excluding hydrogens is 90.1 g/mol. The minimum Gasteiger partial charge on any atom is -0.394 e. The number of rotatable bonds is 0. The summed E-state index contributed by atoms with van der Waals surface area (Å²) in [6, 6.07) is 0. The molecule has 2 heteroatoms. The molecule has 0 aliphatic heterocycles. The number of aliphatic hydroxyl groups is 1. The van der Waals surface area contributed by atoms with Crippen LogP contribution in [0.15, 0.2) is 0 Å². The van der Waals surface area contributed by atoms with Gasteiger partial charge in [0.15, 0.2) is 0 Å². The fourth-order valence-corrected chi connectivity index (χ4v) is 0. The molecule has 0 radical (unpaired) electrons. The molecule has 0 bridgehead atoms. The summed E-state index contributed by atoms with van der Waals surface area (Å²) >= 11 is 0. The summed E-state index contributed by atoms with van der Waals surface area (Å²) in [4.78, 5) is 0. The lowest BCUT2D eigenvalue weighted by Gasteiger charge is -1.80. The van der Waals surface area contributed by atoms with Crippen molar-refractivity contribution in [2.24, 2.45) is 0 Å². The largest absolute Gasteiger partial charge is 0.394 e. The summed E-state index contributed by atoms with van der Waals surface area (Å²) in [7, 11) is 3.75. The zero-order valence-electron chi connectivity index (χ0n) is 5.52. The van der Waals surface area contributed by atoms with Crippen molar-refractivity contribution >= 4 is 0 Å². The maximum absolute atomic E-state index is 8.06. The molecule has 46 valence electrons. The topological polar surface area (TPSA) is 32.3 Å². The van der Waals surface area contributed by atoms with Crippen molar-refractivity contribution in [3.63, 3.8) is 0 Å². The quantitative estimate of drug-likeness (QED) is 0.462. The first kappa shape index (κ1) is 10.0. The zero-order valence-corrected chi connectivity index (χ0v) is 5.52. The van der Waals surface area contributed by atoms with Gasteiger partial charge in [0.25, 0.3) is 0 Å². The van der Waals surface area contributed by atoms with Gasteiger partial charge in [0.05, 0.1) is 0 Å². The maximum Gasteiger partial charge on any atom is 0.0483 e. The van der Waals surface area contributed by atoms with Crippen LogP contribution in [0.4, 0.5) is 0 Å². The van der Waals surface area contributed by atoms with Crippen molar-refractivity contribution in [3.05, 3.63) is 0 Å². The third-order valence-corrected chi connectivity index (χ3v) is 0. The Labute approximate surface area is 45.5 Å². The molecule has 0 aromatic heterocycles. The first-order valence-electron chi connectivity index (χ1n) is 2.41. The highest BCUT2D eigenvalue weighted by Gasteiger charge is 1.69. The van der Waals surface area contributed by atoms with E-state index < -0.39 is 0 Å². The summed E-state index contributed by atoms with van der Waals surface area (Å²) in [5.74, 6) is 0. The lowest BCUT2D eigenvalue weighted by atomic mass is 10.5. The van der Waals surface area contributed by atoms with Gasteiger partial charge in [0.1, 0.15) is 0 Å². The van der Waals surface area contributed by atoms with Crippen molar-refractivity contribution < 1.29 is 5.11 Å². The molecule has 2 N–H and O–H groups in total. The fraction of sp³-hybridized carbons (Fsp3) is 1.00. The molecule has 0 aromatic carbocycles. The summed E-state index contributed by atoms with van der Waals surface area (Å²) in [5.41, 5.74) is 0. The second-order valence-electron chi connectivity index (χ2n) is 1.59. The molecule has 0 saturated heterocycles. The van der Waals surface area contributed by atoms with Crippen LogP contribution >= 0.6 is 0 Å². The minimum atomic E-state index is -0.167. The van der Waals surface area contributed by atoms with Gasteiger partial charge in [0, 0.05) is 6.10 Å². The number of hydrogen-bond acceptors (Lipinski definition) is 2. The smallest absolute Gasteiger partial charge is 0.0483 e. The number of aliphatic hydroxyl groups excluding tert-OH is 1. The highest BCUT2D eigenvalue weighted by molar-refractivity contribution is 4.20. The third kappa shape index (κ3) is 14200. The molecule has 0 rings (SSSR count). The van der Waals surface area contributed by atoms with Gasteiger partial charge in [-0.3, -0.25) is 0 Å². The normalized spacial score (nSPS) is 7.71. The van der Waals surface area contributed by atoms with Crippen LogP contribution in [-0.2, 0) is 0 Å². The van der Waals surface area contributed by atoms with Crippen LogP contribution in [0, 0.1) is 0 Å². The maximum atomic E-state index is 8.06. The molecule has 2 nitrogen and oxygen atoms in total. The van der Waals surface area contributed by atoms with Crippen LogP contribution in [0.3, 0.4) is 0 Å². The Morgan fingerprint density at radius 3 is 1.29 bits per heavy atom. The van der Waals surface area contributed by atoms with E-state index in [2.05, 4.69) is 5.32 Å². The van der Waals surface area contributed by atoms with E-state index in [9.17, 15) is 0 Å². The Kier molecular flexibility index (Phi) is 13.3. The standard InChI is InChI=1S/C3H8O.C2H7N/c1-3(2)4;1-3-2/h3-4H,1-2H3;3H,1-2H3. The molecule has 0 atom stereocenters. The fourth-order valence-electron chi connectivity index (χ4n) is 0. The van der Waals surface area contributed by atoms with Crippen molar-refractivity contribution in [2.75, 3.05) is 14.1 Å². The number of hydrogen-bond donors (Lipinski definition) is 2. The molecule has 0 fully saturated rings. The second kappa shape index (κ2) is 9.33. The van der Waals surface area contributed by atoms with Crippen LogP contribution < -0.4 is 5.32 Å². The van der Waals surface area contributed by atoms with E-state index in [0.29, 0.717) is 0 Å². The molecule has 0 aliphatic carbocycles. The van der Waals surface area contributed by atoms with Gasteiger partial charge < -0.3 is 10.4 Å². The van der Waals surface area contributed by atoms with E-state index in [0.717, 1.165) is 0 Å². The van der Waals surface area contributed by atoms with Crippen LogP contribution in [-0.4, -0.2) is 25.3 Å². The molecule has 0 aromatic rings. The lowest BCUT2D eigenvalue weighted by molar-refractivity contribution is 0.216. The van der Waals surface area contributed by atoms with Crippen molar-refractivity contribution in [1.29, 1.82) is 0 Å². The second-order valence-corrected chi connectivity index (χ2v) is 1.59. The molecule has 0 aliphatic rings. The average Bonchev–Trinajstić information content (AvgIpc) is 1.33. The molecular formula is C5H15NO. The van der Waals surface area contributed by atoms with Crippen LogP contribution in [0.25, 0.3) is 0 Å². The van der Waals surface area contributed by atoms with E-state index in [1.165, 1.54) is 0 Å². The predicted octanol–water partition coefficient (Wildman–Crippen LogP) is 0.223. The van der Waals surface area contributed by atoms with Gasteiger partial charge in [0.2, 0.25) is 0 Å². The van der Waals surface area contributed by atoms with Gasteiger partial charge in [-0.1, -0.05) is 0 Å². The van der Waals surface area contributed by atoms with Gasteiger partial charge >= 0.3 is 0 Å². The first-order valence-corrected chi connectivity index (χ1v) is 2.41. The lowest BCUT2D eigenvalue weighted by Crippen LogP contribution is -1.89. The van der Waals surface area contributed by atoms with Gasteiger partial charge in [-0.25, -0.2) is 0 Å². The highest BCUT2D eigenvalue weighted by Crippen LogP contribution is 1.65. The van der Waals surface area contributed by atoms with E-state index in [-0.39, 0.29) is 6.10 Å². The highest BCUT2D eigenvalue weighted by atomic mass is 16.3. The molecule has 0 spiro atoms. The molecule has 0 saturated carbocycles. The molecule has 0 amide bonds. The van der Waals surface area contributed by atoms with Crippen LogP contribution in [0.1, 0.15) is 13.8 Å². The average molecular weight is 105 g/mol. The Morgan fingerprint density at radius 1 is 1.29 bits per heavy atom. The predicted molar refractivity (Wildman–Crippen MR) is 32.3 cm³/mol. The van der Waals surface area contributed by atoms with Crippen LogP contribution in [0.5, 0.6) is 0 Å². The zero-order chi connectivity index (χ0) is 6.28. The SMILES string of the molecule is CC(C)O.CNC. The van der Waals surface area contributed by atoms with E-state index >= 15 is 0 Å². The van der Waals surface area contributed by atoms with Crippen molar-refractivity contribution in [1.82, 2.24) is 5.32 Å². The van der Waals surface area contributed by atoms with Crippen molar-refractivity contribution in [2.45, 2.75) is 20.0 Å². The Bertz CT molecular complexity index is 19.3. The summed E-state index contributed by atoms with van der Waals surface area (Å²) in [5, 5.41) is 10.8. The Hall–Kier alpha value is -0.0800. The summed E-state index contributed by atoms with van der Waals surface area (Å²) < 4.78 is 0.